The Kier molecular flexibility index (Phi) is 3.03. The third-order valence-electron chi connectivity index (χ3n) is 3.46. The molecule has 0 heterocycles. The van der Waals surface area contributed by atoms with E-state index in [1.165, 1.54) is 0 Å². The van der Waals surface area contributed by atoms with Crippen molar-refractivity contribution in [3.8, 4) is 11.5 Å². The molecule has 0 radical (unpaired) electrons. The van der Waals surface area contributed by atoms with Crippen molar-refractivity contribution in [3.63, 3.8) is 0 Å². The summed E-state index contributed by atoms with van der Waals surface area (Å²) >= 11 is 0. The van der Waals surface area contributed by atoms with Crippen LogP contribution < -0.4 is 9.47 Å². The lowest BCUT2D eigenvalue weighted by Gasteiger charge is -2.08. The van der Waals surface area contributed by atoms with Crippen LogP contribution in [0.25, 0.3) is 5.57 Å². The maximum atomic E-state index is 12.1. The van der Waals surface area contributed by atoms with Gasteiger partial charge in [-0.1, -0.05) is 12.1 Å². The Hall–Kier alpha value is -2.55. The molecule has 0 amide bonds. The molecule has 0 unspecified atom stereocenters. The fraction of sp³-hybridized carbons (Fsp3) is 0.118. The maximum absolute atomic E-state index is 12.1. The van der Waals surface area contributed by atoms with E-state index in [4.69, 9.17) is 9.47 Å². The number of rotatable bonds is 3. The summed E-state index contributed by atoms with van der Waals surface area (Å²) in [5.41, 5.74) is 3.58. The average Bonchev–Trinajstić information content (AvgIpc) is 2.84. The van der Waals surface area contributed by atoms with Crippen LogP contribution in [0.3, 0.4) is 0 Å². The first kappa shape index (κ1) is 12.5. The second-order valence-electron chi connectivity index (χ2n) is 4.56. The lowest BCUT2D eigenvalue weighted by Crippen LogP contribution is -1.93. The first-order chi connectivity index (χ1) is 9.72. The fourth-order valence-corrected chi connectivity index (χ4v) is 2.39. The van der Waals surface area contributed by atoms with Crippen molar-refractivity contribution in [2.24, 2.45) is 0 Å². The lowest BCUT2D eigenvalue weighted by atomic mass is 9.99. The van der Waals surface area contributed by atoms with Crippen LogP contribution in [0.1, 0.15) is 21.5 Å². The number of ketones is 1. The topological polar surface area (TPSA) is 35.5 Å². The highest BCUT2D eigenvalue weighted by Gasteiger charge is 2.22. The molecule has 1 aliphatic carbocycles. The van der Waals surface area contributed by atoms with E-state index in [-0.39, 0.29) is 5.78 Å². The van der Waals surface area contributed by atoms with Crippen LogP contribution in [0, 0.1) is 0 Å². The highest BCUT2D eigenvalue weighted by Crippen LogP contribution is 2.35. The maximum Gasteiger partial charge on any atom is 0.187 e. The predicted molar refractivity (Wildman–Crippen MR) is 77.4 cm³/mol. The minimum Gasteiger partial charge on any atom is -0.497 e. The second-order valence-corrected chi connectivity index (χ2v) is 4.56. The Labute approximate surface area is 117 Å². The molecule has 3 heteroatoms. The van der Waals surface area contributed by atoms with E-state index in [1.54, 1.807) is 26.4 Å². The van der Waals surface area contributed by atoms with E-state index in [2.05, 4.69) is 0 Å². The van der Waals surface area contributed by atoms with Crippen molar-refractivity contribution < 1.29 is 14.3 Å². The van der Waals surface area contributed by atoms with E-state index < -0.39 is 0 Å². The van der Waals surface area contributed by atoms with Gasteiger partial charge in [0.25, 0.3) is 0 Å². The molecule has 0 aromatic heterocycles. The van der Waals surface area contributed by atoms with Gasteiger partial charge in [0, 0.05) is 5.56 Å². The van der Waals surface area contributed by atoms with Gasteiger partial charge in [0.1, 0.15) is 11.5 Å². The van der Waals surface area contributed by atoms with Gasteiger partial charge in [0.2, 0.25) is 0 Å². The molecule has 20 heavy (non-hydrogen) atoms. The summed E-state index contributed by atoms with van der Waals surface area (Å²) in [5, 5.41) is 0. The Morgan fingerprint density at radius 1 is 0.800 bits per heavy atom. The van der Waals surface area contributed by atoms with Gasteiger partial charge in [0.15, 0.2) is 5.78 Å². The summed E-state index contributed by atoms with van der Waals surface area (Å²) in [7, 11) is 3.23. The Balaban J connectivity index is 2.05. The quantitative estimate of drug-likeness (QED) is 0.854. The molecule has 1 aliphatic rings. The molecule has 0 saturated heterocycles. The van der Waals surface area contributed by atoms with Crippen LogP contribution in [0.4, 0.5) is 0 Å². The van der Waals surface area contributed by atoms with Crippen molar-refractivity contribution in [3.05, 3.63) is 65.2 Å². The van der Waals surface area contributed by atoms with Gasteiger partial charge in [-0.15, -0.1) is 0 Å². The smallest absolute Gasteiger partial charge is 0.187 e. The van der Waals surface area contributed by atoms with Crippen LogP contribution in [-0.2, 0) is 0 Å². The summed E-state index contributed by atoms with van der Waals surface area (Å²) in [6, 6.07) is 13.3. The Morgan fingerprint density at radius 2 is 1.45 bits per heavy atom. The largest absolute Gasteiger partial charge is 0.497 e. The Bertz CT molecular complexity index is 697. The summed E-state index contributed by atoms with van der Waals surface area (Å²) < 4.78 is 10.3. The third kappa shape index (κ3) is 1.97. The van der Waals surface area contributed by atoms with Gasteiger partial charge >= 0.3 is 0 Å². The monoisotopic (exact) mass is 266 g/mol. The number of methoxy groups -OCH3 is 2. The van der Waals surface area contributed by atoms with Crippen LogP contribution in [0.15, 0.2) is 48.5 Å². The second kappa shape index (κ2) is 4.85. The molecule has 0 bridgehead atoms. The van der Waals surface area contributed by atoms with Gasteiger partial charge in [-0.05, 0) is 53.1 Å². The third-order valence-corrected chi connectivity index (χ3v) is 3.46. The van der Waals surface area contributed by atoms with Gasteiger partial charge < -0.3 is 9.47 Å². The van der Waals surface area contributed by atoms with E-state index in [1.807, 2.05) is 36.4 Å². The molecule has 3 rings (SSSR count). The SMILES string of the molecule is COc1ccc(C2=CC(=O)c3cc(OC)ccc32)cc1. The standard InChI is InChI=1S/C17H14O3/c1-19-12-5-3-11(4-6-12)15-10-17(18)16-9-13(20-2)7-8-14(15)16/h3-10H,1-2H3. The number of benzene rings is 2. The van der Waals surface area contributed by atoms with Crippen LogP contribution in [0.5, 0.6) is 11.5 Å². The Morgan fingerprint density at radius 3 is 2.10 bits per heavy atom. The summed E-state index contributed by atoms with van der Waals surface area (Å²) in [6.07, 6.45) is 1.67. The van der Waals surface area contributed by atoms with Crippen LogP contribution >= 0.6 is 0 Å². The van der Waals surface area contributed by atoms with Gasteiger partial charge in [-0.3, -0.25) is 4.79 Å². The van der Waals surface area contributed by atoms with Gasteiger partial charge in [-0.2, -0.15) is 0 Å². The molecule has 2 aromatic carbocycles. The molecule has 100 valence electrons. The number of carbonyl (C=O) groups excluding carboxylic acids is 1. The van der Waals surface area contributed by atoms with Crippen molar-refractivity contribution >= 4 is 11.4 Å². The minimum atomic E-state index is 0.0183. The molecule has 0 spiro atoms. The van der Waals surface area contributed by atoms with E-state index in [0.29, 0.717) is 11.3 Å². The molecule has 2 aromatic rings. The van der Waals surface area contributed by atoms with Gasteiger partial charge in [0.05, 0.1) is 14.2 Å². The van der Waals surface area contributed by atoms with Crippen molar-refractivity contribution in [1.29, 1.82) is 0 Å². The summed E-state index contributed by atoms with van der Waals surface area (Å²) in [4.78, 5) is 12.1. The van der Waals surface area contributed by atoms with E-state index >= 15 is 0 Å². The first-order valence-electron chi connectivity index (χ1n) is 6.32. The van der Waals surface area contributed by atoms with Crippen LogP contribution in [-0.4, -0.2) is 20.0 Å². The van der Waals surface area contributed by atoms with Crippen LogP contribution in [0.2, 0.25) is 0 Å². The fourth-order valence-electron chi connectivity index (χ4n) is 2.39. The molecule has 0 aliphatic heterocycles. The predicted octanol–water partition coefficient (Wildman–Crippen LogP) is 3.33. The number of allylic oxidation sites excluding steroid dienone is 1. The zero-order valence-electron chi connectivity index (χ0n) is 11.3. The molecular formula is C17H14O3. The number of hydrogen-bond acceptors (Lipinski definition) is 3. The van der Waals surface area contributed by atoms with E-state index in [0.717, 1.165) is 22.4 Å². The zero-order chi connectivity index (χ0) is 14.1. The van der Waals surface area contributed by atoms with E-state index in [9.17, 15) is 4.79 Å². The molecule has 0 N–H and O–H groups in total. The molecule has 0 atom stereocenters. The highest BCUT2D eigenvalue weighted by molar-refractivity contribution is 6.19. The summed E-state index contributed by atoms with van der Waals surface area (Å²) in [6.45, 7) is 0. The average molecular weight is 266 g/mol. The minimum absolute atomic E-state index is 0.0183. The number of carbonyl (C=O) groups is 1. The molecule has 0 fully saturated rings. The highest BCUT2D eigenvalue weighted by atomic mass is 16.5. The summed E-state index contributed by atoms with van der Waals surface area (Å²) in [5.74, 6) is 1.51. The van der Waals surface area contributed by atoms with Gasteiger partial charge in [-0.25, -0.2) is 0 Å². The zero-order valence-corrected chi connectivity index (χ0v) is 11.3. The lowest BCUT2D eigenvalue weighted by molar-refractivity contribution is 0.104. The van der Waals surface area contributed by atoms with Crippen molar-refractivity contribution in [2.75, 3.05) is 14.2 Å². The van der Waals surface area contributed by atoms with Crippen molar-refractivity contribution in [1.82, 2.24) is 0 Å². The number of hydrogen-bond donors (Lipinski definition) is 0. The normalized spacial score (nSPS) is 12.9. The number of ether oxygens (including phenoxy) is 2. The van der Waals surface area contributed by atoms with Crippen molar-refractivity contribution in [2.45, 2.75) is 0 Å². The molecular weight excluding hydrogens is 252 g/mol. The first-order valence-corrected chi connectivity index (χ1v) is 6.32. The molecule has 3 nitrogen and oxygen atoms in total. The molecule has 0 saturated carbocycles. The number of fused-ring (bicyclic) bond motifs is 1.